The van der Waals surface area contributed by atoms with Crippen molar-refractivity contribution in [3.05, 3.63) is 0 Å². The van der Waals surface area contributed by atoms with E-state index in [2.05, 4.69) is 19.8 Å². The zero-order chi connectivity index (χ0) is 9.97. The minimum atomic E-state index is 0.354. The van der Waals surface area contributed by atoms with Crippen molar-refractivity contribution in [2.45, 2.75) is 46.0 Å². The summed E-state index contributed by atoms with van der Waals surface area (Å²) in [5, 5.41) is 0. The molecule has 0 aliphatic heterocycles. The maximum absolute atomic E-state index is 5.72. The van der Waals surface area contributed by atoms with Gasteiger partial charge in [0.2, 0.25) is 0 Å². The van der Waals surface area contributed by atoms with Gasteiger partial charge in [-0.15, -0.1) is 6.42 Å². The highest BCUT2D eigenvalue weighted by Gasteiger charge is 2.62. The first-order chi connectivity index (χ1) is 6.60. The fourth-order valence-electron chi connectivity index (χ4n) is 4.23. The number of hydrogen-bond donors (Lipinski definition) is 0. The molecule has 0 radical (unpaired) electrons. The SMILES string of the molecule is C#CC1(C2CCC3CC2C3(C)C)CC1. The number of hydrogen-bond acceptors (Lipinski definition) is 0. The van der Waals surface area contributed by atoms with E-state index in [-0.39, 0.29) is 0 Å². The summed E-state index contributed by atoms with van der Waals surface area (Å²) in [6, 6.07) is 0. The largest absolute Gasteiger partial charge is 0.120 e. The number of fused-ring (bicyclic) bond motifs is 2. The lowest BCUT2D eigenvalue weighted by Crippen LogP contribution is -2.54. The second kappa shape index (κ2) is 2.38. The molecule has 0 saturated heterocycles. The molecule has 0 aromatic rings. The van der Waals surface area contributed by atoms with E-state index in [9.17, 15) is 0 Å². The Labute approximate surface area is 87.5 Å². The minimum Gasteiger partial charge on any atom is -0.120 e. The Morgan fingerprint density at radius 1 is 1.14 bits per heavy atom. The van der Waals surface area contributed by atoms with Crippen molar-refractivity contribution in [2.24, 2.45) is 28.6 Å². The molecule has 2 bridgehead atoms. The lowest BCUT2D eigenvalue weighted by Gasteiger charge is -2.61. The summed E-state index contributed by atoms with van der Waals surface area (Å²) >= 11 is 0. The molecule has 0 heteroatoms. The molecule has 4 aliphatic carbocycles. The van der Waals surface area contributed by atoms with Gasteiger partial charge in [-0.05, 0) is 55.3 Å². The lowest BCUT2D eigenvalue weighted by molar-refractivity contribution is -0.118. The van der Waals surface area contributed by atoms with E-state index in [0.717, 1.165) is 17.8 Å². The third kappa shape index (κ3) is 0.867. The quantitative estimate of drug-likeness (QED) is 0.553. The summed E-state index contributed by atoms with van der Waals surface area (Å²) in [5.41, 5.74) is 0.961. The molecule has 0 aromatic heterocycles. The van der Waals surface area contributed by atoms with Crippen molar-refractivity contribution >= 4 is 0 Å². The Hall–Kier alpha value is -0.440. The molecule has 3 unspecified atom stereocenters. The van der Waals surface area contributed by atoms with Crippen LogP contribution in [0.4, 0.5) is 0 Å². The van der Waals surface area contributed by atoms with Gasteiger partial charge < -0.3 is 0 Å². The van der Waals surface area contributed by atoms with Gasteiger partial charge in [-0.2, -0.15) is 0 Å². The van der Waals surface area contributed by atoms with Gasteiger partial charge in [0.25, 0.3) is 0 Å². The number of terminal acetylenes is 1. The van der Waals surface area contributed by atoms with E-state index < -0.39 is 0 Å². The van der Waals surface area contributed by atoms with Crippen LogP contribution in [0.25, 0.3) is 0 Å². The second-order valence-corrected chi connectivity index (χ2v) is 6.34. The molecule has 4 aliphatic rings. The van der Waals surface area contributed by atoms with E-state index >= 15 is 0 Å². The monoisotopic (exact) mass is 188 g/mol. The van der Waals surface area contributed by atoms with Gasteiger partial charge in [0, 0.05) is 5.41 Å². The Bertz CT molecular complexity index is 298. The maximum Gasteiger partial charge on any atom is 0.0344 e. The van der Waals surface area contributed by atoms with E-state index in [1.54, 1.807) is 0 Å². The summed E-state index contributed by atoms with van der Waals surface area (Å²) in [6.07, 6.45) is 12.7. The van der Waals surface area contributed by atoms with Crippen LogP contribution in [0.5, 0.6) is 0 Å². The summed E-state index contributed by atoms with van der Waals surface area (Å²) in [6.45, 7) is 4.93. The highest BCUT2D eigenvalue weighted by atomic mass is 14.7. The molecule has 4 saturated carbocycles. The van der Waals surface area contributed by atoms with E-state index in [1.165, 1.54) is 32.1 Å². The zero-order valence-electron chi connectivity index (χ0n) is 9.34. The average Bonchev–Trinajstić information content (AvgIpc) is 2.98. The van der Waals surface area contributed by atoms with Crippen molar-refractivity contribution in [1.29, 1.82) is 0 Å². The zero-order valence-corrected chi connectivity index (χ0v) is 9.34. The molecule has 0 heterocycles. The third-order valence-electron chi connectivity index (χ3n) is 5.64. The van der Waals surface area contributed by atoms with Gasteiger partial charge >= 0.3 is 0 Å². The molecule has 4 fully saturated rings. The Morgan fingerprint density at radius 3 is 2.29 bits per heavy atom. The van der Waals surface area contributed by atoms with Crippen LogP contribution in [0.2, 0.25) is 0 Å². The van der Waals surface area contributed by atoms with Gasteiger partial charge in [-0.1, -0.05) is 19.8 Å². The Balaban J connectivity index is 1.86. The van der Waals surface area contributed by atoms with E-state index in [4.69, 9.17) is 6.42 Å². The van der Waals surface area contributed by atoms with Crippen LogP contribution in [0.3, 0.4) is 0 Å². The first kappa shape index (κ1) is 8.84. The molecular formula is C14H20. The van der Waals surface area contributed by atoms with Crippen molar-refractivity contribution in [2.75, 3.05) is 0 Å². The second-order valence-electron chi connectivity index (χ2n) is 6.34. The molecule has 4 rings (SSSR count). The first-order valence-corrected chi connectivity index (χ1v) is 6.08. The van der Waals surface area contributed by atoms with Crippen LogP contribution in [0.1, 0.15) is 46.0 Å². The van der Waals surface area contributed by atoms with E-state index in [1.807, 2.05) is 0 Å². The van der Waals surface area contributed by atoms with Crippen LogP contribution in [-0.2, 0) is 0 Å². The van der Waals surface area contributed by atoms with Gasteiger partial charge in [0.05, 0.1) is 0 Å². The van der Waals surface area contributed by atoms with Gasteiger partial charge in [0.1, 0.15) is 0 Å². The summed E-state index contributed by atoms with van der Waals surface area (Å²) in [4.78, 5) is 0. The van der Waals surface area contributed by atoms with Crippen molar-refractivity contribution < 1.29 is 0 Å². The van der Waals surface area contributed by atoms with Gasteiger partial charge in [0.15, 0.2) is 0 Å². The van der Waals surface area contributed by atoms with Crippen molar-refractivity contribution in [3.63, 3.8) is 0 Å². The molecule has 0 amide bonds. The summed E-state index contributed by atoms with van der Waals surface area (Å²) in [5.74, 6) is 5.94. The molecule has 0 nitrogen and oxygen atoms in total. The fraction of sp³-hybridized carbons (Fsp3) is 0.857. The predicted octanol–water partition coefficient (Wildman–Crippen LogP) is 3.47. The number of rotatable bonds is 1. The van der Waals surface area contributed by atoms with Crippen LogP contribution >= 0.6 is 0 Å². The van der Waals surface area contributed by atoms with Crippen molar-refractivity contribution in [1.82, 2.24) is 0 Å². The Kier molecular flexibility index (Phi) is 1.50. The Morgan fingerprint density at radius 2 is 1.86 bits per heavy atom. The van der Waals surface area contributed by atoms with E-state index in [0.29, 0.717) is 10.8 Å². The lowest BCUT2D eigenvalue weighted by atomic mass is 9.43. The minimum absolute atomic E-state index is 0.354. The summed E-state index contributed by atoms with van der Waals surface area (Å²) in [7, 11) is 0. The van der Waals surface area contributed by atoms with Crippen LogP contribution in [0, 0.1) is 40.9 Å². The van der Waals surface area contributed by atoms with Gasteiger partial charge in [-0.3, -0.25) is 0 Å². The molecular weight excluding hydrogens is 168 g/mol. The average molecular weight is 188 g/mol. The predicted molar refractivity (Wildman–Crippen MR) is 58.6 cm³/mol. The molecule has 14 heavy (non-hydrogen) atoms. The molecule has 3 atom stereocenters. The highest BCUT2D eigenvalue weighted by molar-refractivity contribution is 5.22. The van der Waals surface area contributed by atoms with Crippen LogP contribution < -0.4 is 0 Å². The summed E-state index contributed by atoms with van der Waals surface area (Å²) < 4.78 is 0. The third-order valence-corrected chi connectivity index (χ3v) is 5.64. The van der Waals surface area contributed by atoms with Gasteiger partial charge in [-0.25, -0.2) is 0 Å². The fourth-order valence-corrected chi connectivity index (χ4v) is 4.23. The van der Waals surface area contributed by atoms with Crippen LogP contribution in [0.15, 0.2) is 0 Å². The molecule has 0 spiro atoms. The van der Waals surface area contributed by atoms with Crippen LogP contribution in [-0.4, -0.2) is 0 Å². The molecule has 76 valence electrons. The molecule has 0 N–H and O–H groups in total. The first-order valence-electron chi connectivity index (χ1n) is 6.08. The van der Waals surface area contributed by atoms with Crippen molar-refractivity contribution in [3.8, 4) is 12.3 Å². The topological polar surface area (TPSA) is 0 Å². The highest BCUT2D eigenvalue weighted by Crippen LogP contribution is 2.69. The molecule has 0 aromatic carbocycles. The maximum atomic E-state index is 5.72. The smallest absolute Gasteiger partial charge is 0.0344 e. The normalized spacial score (nSPS) is 46.2. The standard InChI is InChI=1S/C14H20/c1-4-14(7-8-14)11-6-5-10-9-12(11)13(10,2)3/h1,10-12H,5-9H2,2-3H3.